The van der Waals surface area contributed by atoms with Crippen LogP contribution in [-0.4, -0.2) is 27.5 Å². The number of hydrogen-bond acceptors (Lipinski definition) is 4. The van der Waals surface area contributed by atoms with Crippen molar-refractivity contribution in [2.75, 3.05) is 6.61 Å². The maximum Gasteiger partial charge on any atom is 0.423 e. The van der Waals surface area contributed by atoms with Gasteiger partial charge in [-0.2, -0.15) is 12.8 Å². The van der Waals surface area contributed by atoms with Crippen LogP contribution in [0.3, 0.4) is 0 Å². The van der Waals surface area contributed by atoms with Crippen molar-refractivity contribution in [1.82, 2.24) is 0 Å². The second kappa shape index (κ2) is 2.61. The van der Waals surface area contributed by atoms with Crippen LogP contribution in [0.4, 0.5) is 8.28 Å². The van der Waals surface area contributed by atoms with E-state index in [-0.39, 0.29) is 0 Å². The van der Waals surface area contributed by atoms with E-state index in [1.54, 1.807) is 0 Å². The van der Waals surface area contributed by atoms with E-state index in [1.165, 1.54) is 0 Å². The number of alkyl halides is 1. The maximum atomic E-state index is 12.0. The quantitative estimate of drug-likeness (QED) is 0.537. The Hall–Kier alpha value is -0.920. The summed E-state index contributed by atoms with van der Waals surface area (Å²) in [6, 6.07) is 0. The third kappa shape index (κ3) is 2.66. The van der Waals surface area contributed by atoms with Crippen LogP contribution in [0.5, 0.6) is 0 Å². The number of nitrogens with zero attached hydrogens (tertiary/aromatic N) is 1. The summed E-state index contributed by atoms with van der Waals surface area (Å²) >= 11 is 0. The van der Waals surface area contributed by atoms with Crippen LogP contribution in [0.25, 0.3) is 0 Å². The zero-order chi connectivity index (χ0) is 8.48. The van der Waals surface area contributed by atoms with Crippen LogP contribution >= 0.6 is 0 Å². The van der Waals surface area contributed by atoms with Crippen LogP contribution < -0.4 is 0 Å². The molecule has 1 aliphatic rings. The average molecular weight is 187 g/mol. The lowest BCUT2D eigenvalue weighted by atomic mass is 10.8. The van der Waals surface area contributed by atoms with Crippen molar-refractivity contribution < 1.29 is 26.2 Å². The Morgan fingerprint density at radius 1 is 1.64 bits per heavy atom. The molecule has 11 heavy (non-hydrogen) atoms. The normalized spacial score (nSPS) is 28.2. The molecule has 1 fully saturated rings. The zero-order valence-corrected chi connectivity index (χ0v) is 5.85. The predicted octanol–water partition coefficient (Wildman–Crippen LogP) is -0.101. The molecule has 0 saturated carbocycles. The van der Waals surface area contributed by atoms with E-state index in [9.17, 15) is 16.7 Å². The Labute approximate surface area is 61.0 Å². The van der Waals surface area contributed by atoms with Gasteiger partial charge >= 0.3 is 16.5 Å². The molecule has 0 bridgehead atoms. The second-order valence-electron chi connectivity index (χ2n) is 1.61. The lowest BCUT2D eigenvalue weighted by Gasteiger charge is -1.91. The topological polar surface area (TPSA) is 65.0 Å². The van der Waals surface area contributed by atoms with Gasteiger partial charge in [0, 0.05) is 0 Å². The summed E-state index contributed by atoms with van der Waals surface area (Å²) in [5, 5.41) is 0. The third-order valence-corrected chi connectivity index (χ3v) is 1.12. The van der Waals surface area contributed by atoms with Crippen LogP contribution in [-0.2, 0) is 19.9 Å². The summed E-state index contributed by atoms with van der Waals surface area (Å²) in [7, 11) is -5.06. The van der Waals surface area contributed by atoms with Crippen molar-refractivity contribution in [3.8, 4) is 0 Å². The van der Waals surface area contributed by atoms with Gasteiger partial charge in [0.25, 0.3) is 6.36 Å². The molecule has 0 radical (unpaired) electrons. The highest BCUT2D eigenvalue weighted by Gasteiger charge is 2.24. The van der Waals surface area contributed by atoms with Gasteiger partial charge in [0.05, 0.1) is 0 Å². The van der Waals surface area contributed by atoms with Crippen molar-refractivity contribution in [3.63, 3.8) is 0 Å². The fourth-order valence-corrected chi connectivity index (χ4v) is 0.725. The molecule has 0 aliphatic carbocycles. The van der Waals surface area contributed by atoms with Gasteiger partial charge in [0.15, 0.2) is 6.61 Å². The lowest BCUT2D eigenvalue weighted by Crippen LogP contribution is -2.02. The molecule has 8 heteroatoms. The minimum atomic E-state index is -5.06. The van der Waals surface area contributed by atoms with Gasteiger partial charge in [-0.3, -0.25) is 0 Å². The smallest absolute Gasteiger partial charge is 0.423 e. The van der Waals surface area contributed by atoms with E-state index < -0.39 is 29.5 Å². The minimum absolute atomic E-state index is 0.478. The highest BCUT2D eigenvalue weighted by atomic mass is 32.3. The van der Waals surface area contributed by atoms with Gasteiger partial charge in [-0.15, -0.1) is 0 Å². The molecule has 0 aromatic carbocycles. The molecule has 0 aromatic heterocycles. The Balaban J connectivity index is 2.71. The summed E-state index contributed by atoms with van der Waals surface area (Å²) in [6.45, 7) is -0.478. The SMILES string of the molecule is O=S(=O)(F)N=C1OCC(F)O1. The van der Waals surface area contributed by atoms with E-state index in [0.29, 0.717) is 0 Å². The third-order valence-electron chi connectivity index (χ3n) is 0.750. The summed E-state index contributed by atoms with van der Waals surface area (Å²) in [5.41, 5.74) is 0. The molecule has 0 aromatic rings. The van der Waals surface area contributed by atoms with Gasteiger partial charge in [0.2, 0.25) is 0 Å². The summed E-state index contributed by atoms with van der Waals surface area (Å²) in [5.74, 6) is 0. The number of halogens is 2. The first-order valence-corrected chi connectivity index (χ1v) is 3.79. The van der Waals surface area contributed by atoms with Crippen molar-refractivity contribution in [2.24, 2.45) is 4.40 Å². The zero-order valence-electron chi connectivity index (χ0n) is 5.03. The fraction of sp³-hybridized carbons (Fsp3) is 0.667. The molecule has 0 N–H and O–H groups in total. The molecular weight excluding hydrogens is 184 g/mol. The van der Waals surface area contributed by atoms with Crippen molar-refractivity contribution in [1.29, 1.82) is 0 Å². The summed E-state index contributed by atoms with van der Waals surface area (Å²) in [6.07, 6.45) is -2.68. The van der Waals surface area contributed by atoms with Crippen molar-refractivity contribution in [3.05, 3.63) is 0 Å². The van der Waals surface area contributed by atoms with Crippen LogP contribution in [0.15, 0.2) is 4.40 Å². The molecule has 64 valence electrons. The molecule has 1 rings (SSSR count). The van der Waals surface area contributed by atoms with E-state index in [2.05, 4.69) is 13.9 Å². The van der Waals surface area contributed by atoms with E-state index >= 15 is 0 Å². The van der Waals surface area contributed by atoms with Crippen LogP contribution in [0, 0.1) is 0 Å². The number of ether oxygens (including phenoxy) is 2. The minimum Gasteiger partial charge on any atom is -0.443 e. The molecular formula is C3H3F2NO4S. The molecule has 1 saturated heterocycles. The molecule has 0 amide bonds. The van der Waals surface area contributed by atoms with Crippen LogP contribution in [0.1, 0.15) is 0 Å². The average Bonchev–Trinajstić information content (AvgIpc) is 2.10. The Morgan fingerprint density at radius 3 is 2.64 bits per heavy atom. The van der Waals surface area contributed by atoms with E-state index in [4.69, 9.17) is 0 Å². The number of rotatable bonds is 1. The fourth-order valence-electron chi connectivity index (χ4n) is 0.451. The van der Waals surface area contributed by atoms with Crippen LogP contribution in [0.2, 0.25) is 0 Å². The van der Waals surface area contributed by atoms with Crippen molar-refractivity contribution in [2.45, 2.75) is 6.36 Å². The largest absolute Gasteiger partial charge is 0.443 e. The number of hydrogen-bond donors (Lipinski definition) is 0. The van der Waals surface area contributed by atoms with Gasteiger partial charge in [-0.1, -0.05) is 8.28 Å². The van der Waals surface area contributed by atoms with E-state index in [0.717, 1.165) is 0 Å². The maximum absolute atomic E-state index is 12.0. The molecule has 1 aliphatic heterocycles. The molecule has 5 nitrogen and oxygen atoms in total. The lowest BCUT2D eigenvalue weighted by molar-refractivity contribution is 0.0839. The second-order valence-corrected chi connectivity index (χ2v) is 2.62. The Kier molecular flexibility index (Phi) is 1.94. The Morgan fingerprint density at radius 2 is 2.27 bits per heavy atom. The first kappa shape index (κ1) is 8.18. The molecule has 1 unspecified atom stereocenters. The highest BCUT2D eigenvalue weighted by molar-refractivity contribution is 7.85. The Bertz CT molecular complexity index is 273. The molecule has 0 spiro atoms. The first-order valence-electron chi connectivity index (χ1n) is 2.45. The van der Waals surface area contributed by atoms with Gasteiger partial charge in [-0.05, 0) is 0 Å². The van der Waals surface area contributed by atoms with Gasteiger partial charge in [0.1, 0.15) is 0 Å². The standard InChI is InChI=1S/C3H3F2NO4S/c4-2-1-9-3(10-2)6-11(5,7)8/h2H,1H2. The highest BCUT2D eigenvalue weighted by Crippen LogP contribution is 2.09. The summed E-state index contributed by atoms with van der Waals surface area (Å²) in [4.78, 5) is 0. The van der Waals surface area contributed by atoms with E-state index in [1.807, 2.05) is 0 Å². The first-order chi connectivity index (χ1) is 4.97. The molecule has 1 heterocycles. The summed E-state index contributed by atoms with van der Waals surface area (Å²) < 4.78 is 53.6. The predicted molar refractivity (Wildman–Crippen MR) is 29.4 cm³/mol. The van der Waals surface area contributed by atoms with Gasteiger partial charge in [-0.25, -0.2) is 0 Å². The molecule has 1 atom stereocenters. The van der Waals surface area contributed by atoms with Crippen molar-refractivity contribution >= 4 is 16.5 Å². The monoisotopic (exact) mass is 187 g/mol. The van der Waals surface area contributed by atoms with Gasteiger partial charge < -0.3 is 9.47 Å².